The molecular weight excluding hydrogens is 288 g/mol. The number of aliphatic hydroxyl groups excluding tert-OH is 1. The summed E-state index contributed by atoms with van der Waals surface area (Å²) >= 11 is 0. The van der Waals surface area contributed by atoms with E-state index < -0.39 is 0 Å². The average molecular weight is 314 g/mol. The number of rotatable bonds is 6. The Kier molecular flexibility index (Phi) is 5.69. The highest BCUT2D eigenvalue weighted by atomic mass is 16.3. The molecule has 0 radical (unpaired) electrons. The molecule has 0 spiro atoms. The van der Waals surface area contributed by atoms with Crippen LogP contribution >= 0.6 is 0 Å². The van der Waals surface area contributed by atoms with Gasteiger partial charge in [0.05, 0.1) is 6.61 Å². The molecule has 0 aliphatic heterocycles. The number of nitrogens with two attached hydrogens (primary N) is 1. The minimum Gasteiger partial charge on any atom is -0.395 e. The van der Waals surface area contributed by atoms with E-state index in [4.69, 9.17) is 10.8 Å². The summed E-state index contributed by atoms with van der Waals surface area (Å²) in [4.78, 5) is 8.73. The fourth-order valence-corrected chi connectivity index (χ4v) is 2.11. The van der Waals surface area contributed by atoms with Crippen molar-refractivity contribution in [3.63, 3.8) is 0 Å². The van der Waals surface area contributed by atoms with Crippen LogP contribution in [-0.4, -0.2) is 27.7 Å². The molecule has 0 bridgehead atoms. The van der Waals surface area contributed by atoms with E-state index >= 15 is 0 Å². The third kappa shape index (κ3) is 5.30. The van der Waals surface area contributed by atoms with Crippen LogP contribution in [0.4, 0.5) is 11.6 Å². The van der Waals surface area contributed by atoms with E-state index in [2.05, 4.69) is 48.2 Å². The van der Waals surface area contributed by atoms with Gasteiger partial charge in [0.1, 0.15) is 0 Å². The molecular formula is C18H26N4O. The van der Waals surface area contributed by atoms with Crippen molar-refractivity contribution in [2.75, 3.05) is 11.9 Å². The third-order valence-corrected chi connectivity index (χ3v) is 3.77. The summed E-state index contributed by atoms with van der Waals surface area (Å²) in [5.74, 6) is 0.591. The summed E-state index contributed by atoms with van der Waals surface area (Å²) in [7, 11) is 0. The minimum absolute atomic E-state index is 0.0293. The Bertz CT molecular complexity index is 602. The van der Waals surface area contributed by atoms with Crippen molar-refractivity contribution in [1.29, 1.82) is 0 Å². The summed E-state index contributed by atoms with van der Waals surface area (Å²) in [6, 6.07) is 7.95. The molecule has 124 valence electrons. The van der Waals surface area contributed by atoms with Crippen LogP contribution in [-0.2, 0) is 11.8 Å². The number of aromatic nitrogens is 2. The van der Waals surface area contributed by atoms with Gasteiger partial charge in [0.15, 0.2) is 0 Å². The topological polar surface area (TPSA) is 84.1 Å². The zero-order chi connectivity index (χ0) is 16.9. The number of anilines is 2. The second-order valence-corrected chi connectivity index (χ2v) is 6.85. The van der Waals surface area contributed by atoms with Gasteiger partial charge in [-0.15, -0.1) is 0 Å². The summed E-state index contributed by atoms with van der Waals surface area (Å²) in [6.45, 7) is 6.45. The fraction of sp³-hybridized carbons (Fsp3) is 0.444. The lowest BCUT2D eigenvalue weighted by molar-refractivity contribution is 0.260. The van der Waals surface area contributed by atoms with E-state index in [1.807, 2.05) is 24.5 Å². The number of hydrogen-bond acceptors (Lipinski definition) is 5. The number of nitrogens with one attached hydrogen (secondary N) is 1. The molecule has 2 aromatic rings. The van der Waals surface area contributed by atoms with Crippen LogP contribution < -0.4 is 11.1 Å². The molecule has 1 aromatic carbocycles. The van der Waals surface area contributed by atoms with E-state index in [-0.39, 0.29) is 18.1 Å². The molecule has 2 rings (SSSR count). The van der Waals surface area contributed by atoms with Crippen LogP contribution in [0.25, 0.3) is 0 Å². The molecule has 0 fully saturated rings. The van der Waals surface area contributed by atoms with Crippen LogP contribution in [0, 0.1) is 0 Å². The first-order chi connectivity index (χ1) is 10.9. The first-order valence-electron chi connectivity index (χ1n) is 7.93. The predicted octanol–water partition coefficient (Wildman–Crippen LogP) is 2.77. The molecule has 5 heteroatoms. The number of aryl methyl sites for hydroxylation is 1. The second-order valence-electron chi connectivity index (χ2n) is 6.85. The Morgan fingerprint density at radius 3 is 2.26 bits per heavy atom. The van der Waals surface area contributed by atoms with E-state index in [1.165, 1.54) is 5.56 Å². The van der Waals surface area contributed by atoms with Gasteiger partial charge in [-0.3, -0.25) is 0 Å². The summed E-state index contributed by atoms with van der Waals surface area (Å²) in [6.07, 6.45) is 5.36. The Morgan fingerprint density at radius 2 is 1.74 bits per heavy atom. The van der Waals surface area contributed by atoms with E-state index in [9.17, 15) is 0 Å². The molecule has 1 atom stereocenters. The third-order valence-electron chi connectivity index (χ3n) is 3.77. The SMILES string of the molecule is CC(C)(C)c1cnc(Nc2ccc(CCC(N)CO)cc2)nc1. The highest BCUT2D eigenvalue weighted by molar-refractivity contribution is 5.53. The van der Waals surface area contributed by atoms with Crippen LogP contribution in [0.2, 0.25) is 0 Å². The van der Waals surface area contributed by atoms with Crippen LogP contribution in [0.1, 0.15) is 38.3 Å². The van der Waals surface area contributed by atoms with Crippen LogP contribution in [0.15, 0.2) is 36.7 Å². The number of benzene rings is 1. The molecule has 1 aromatic heterocycles. The van der Waals surface area contributed by atoms with Crippen molar-refractivity contribution in [3.05, 3.63) is 47.8 Å². The van der Waals surface area contributed by atoms with Crippen molar-refractivity contribution in [2.24, 2.45) is 5.73 Å². The standard InChI is InChI=1S/C18H26N4O/c1-18(2,3)14-10-20-17(21-11-14)22-16-8-5-13(6-9-16)4-7-15(19)12-23/h5-6,8-11,15,23H,4,7,12,19H2,1-3H3,(H,20,21,22). The van der Waals surface area contributed by atoms with Gasteiger partial charge in [-0.25, -0.2) is 9.97 Å². The molecule has 5 nitrogen and oxygen atoms in total. The smallest absolute Gasteiger partial charge is 0.227 e. The predicted molar refractivity (Wildman–Crippen MR) is 93.8 cm³/mol. The first kappa shape index (κ1) is 17.4. The Hall–Kier alpha value is -1.98. The van der Waals surface area contributed by atoms with Crippen molar-refractivity contribution in [2.45, 2.75) is 45.1 Å². The van der Waals surface area contributed by atoms with Crippen LogP contribution in [0.5, 0.6) is 0 Å². The number of nitrogens with zero attached hydrogens (tertiary/aromatic N) is 2. The zero-order valence-electron chi connectivity index (χ0n) is 14.1. The highest BCUT2D eigenvalue weighted by Gasteiger charge is 2.14. The zero-order valence-corrected chi connectivity index (χ0v) is 14.1. The molecule has 1 heterocycles. The molecule has 0 aliphatic rings. The maximum absolute atomic E-state index is 8.94. The Balaban J connectivity index is 1.95. The summed E-state index contributed by atoms with van der Waals surface area (Å²) in [5, 5.41) is 12.1. The average Bonchev–Trinajstić information content (AvgIpc) is 2.53. The minimum atomic E-state index is -0.150. The fourth-order valence-electron chi connectivity index (χ4n) is 2.11. The normalized spacial score (nSPS) is 12.9. The van der Waals surface area contributed by atoms with Crippen molar-refractivity contribution in [3.8, 4) is 0 Å². The van der Waals surface area contributed by atoms with Crippen molar-refractivity contribution < 1.29 is 5.11 Å². The van der Waals surface area contributed by atoms with Gasteiger partial charge in [-0.1, -0.05) is 32.9 Å². The highest BCUT2D eigenvalue weighted by Crippen LogP contribution is 2.21. The summed E-state index contributed by atoms with van der Waals surface area (Å²) in [5.41, 5.74) is 9.02. The van der Waals surface area contributed by atoms with E-state index in [1.54, 1.807) is 0 Å². The lowest BCUT2D eigenvalue weighted by Gasteiger charge is -2.17. The van der Waals surface area contributed by atoms with Crippen molar-refractivity contribution in [1.82, 2.24) is 9.97 Å². The largest absolute Gasteiger partial charge is 0.395 e. The number of hydrogen-bond donors (Lipinski definition) is 3. The van der Waals surface area contributed by atoms with E-state index in [0.29, 0.717) is 5.95 Å². The lowest BCUT2D eigenvalue weighted by Crippen LogP contribution is -2.24. The van der Waals surface area contributed by atoms with Gasteiger partial charge >= 0.3 is 0 Å². The second kappa shape index (κ2) is 7.53. The molecule has 0 saturated carbocycles. The Labute approximate surface area is 138 Å². The quantitative estimate of drug-likeness (QED) is 0.763. The van der Waals surface area contributed by atoms with Crippen LogP contribution in [0.3, 0.4) is 0 Å². The van der Waals surface area contributed by atoms with Gasteiger partial charge in [0.2, 0.25) is 5.95 Å². The number of aliphatic hydroxyl groups is 1. The van der Waals surface area contributed by atoms with Gasteiger partial charge in [0.25, 0.3) is 0 Å². The van der Waals surface area contributed by atoms with Gasteiger partial charge < -0.3 is 16.2 Å². The molecule has 0 aliphatic carbocycles. The Morgan fingerprint density at radius 1 is 1.13 bits per heavy atom. The molecule has 0 saturated heterocycles. The first-order valence-corrected chi connectivity index (χ1v) is 7.93. The molecule has 1 unspecified atom stereocenters. The monoisotopic (exact) mass is 314 g/mol. The molecule has 23 heavy (non-hydrogen) atoms. The maximum atomic E-state index is 8.94. The summed E-state index contributed by atoms with van der Waals surface area (Å²) < 4.78 is 0. The van der Waals surface area contributed by atoms with Gasteiger partial charge in [0, 0.05) is 24.1 Å². The molecule has 0 amide bonds. The van der Waals surface area contributed by atoms with Crippen molar-refractivity contribution >= 4 is 11.6 Å². The lowest BCUT2D eigenvalue weighted by atomic mass is 9.89. The van der Waals surface area contributed by atoms with Gasteiger partial charge in [-0.2, -0.15) is 0 Å². The van der Waals surface area contributed by atoms with Gasteiger partial charge in [-0.05, 0) is 41.5 Å². The molecule has 4 N–H and O–H groups in total. The maximum Gasteiger partial charge on any atom is 0.227 e. The van der Waals surface area contributed by atoms with E-state index in [0.717, 1.165) is 24.1 Å².